The second-order valence-corrected chi connectivity index (χ2v) is 7.52. The summed E-state index contributed by atoms with van der Waals surface area (Å²) >= 11 is 0. The van der Waals surface area contributed by atoms with Crippen molar-refractivity contribution < 1.29 is 0 Å². The molecule has 3 rings (SSSR count). The van der Waals surface area contributed by atoms with Gasteiger partial charge in [0.2, 0.25) is 0 Å². The van der Waals surface area contributed by atoms with Gasteiger partial charge in [-0.2, -0.15) is 0 Å². The number of nitrogen functional groups attached to an aromatic ring is 1. The van der Waals surface area contributed by atoms with Crippen LogP contribution >= 0.6 is 0 Å². The van der Waals surface area contributed by atoms with Gasteiger partial charge in [-0.1, -0.05) is 44.7 Å². The summed E-state index contributed by atoms with van der Waals surface area (Å²) in [6.45, 7) is 4.82. The van der Waals surface area contributed by atoms with Crippen LogP contribution in [-0.2, 0) is 0 Å². The first kappa shape index (κ1) is 16.6. The molecule has 0 spiro atoms. The van der Waals surface area contributed by atoms with Crippen LogP contribution in [0.1, 0.15) is 58.3 Å². The van der Waals surface area contributed by atoms with Gasteiger partial charge in [0.1, 0.15) is 0 Å². The lowest BCUT2D eigenvalue weighted by Gasteiger charge is -2.41. The van der Waals surface area contributed by atoms with Crippen LogP contribution in [0.15, 0.2) is 24.3 Å². The first-order chi connectivity index (χ1) is 11.3. The van der Waals surface area contributed by atoms with Crippen LogP contribution in [0.3, 0.4) is 0 Å². The third-order valence-corrected chi connectivity index (χ3v) is 5.82. The number of nitrogens with one attached hydrogen (secondary N) is 1. The highest BCUT2D eigenvalue weighted by atomic mass is 15.2. The minimum atomic E-state index is 0.575. The Hall–Kier alpha value is -1.22. The molecule has 3 nitrogen and oxygen atoms in total. The molecular weight excluding hydrogens is 282 g/mol. The van der Waals surface area contributed by atoms with Gasteiger partial charge in [0.15, 0.2) is 0 Å². The number of para-hydroxylation sites is 2. The molecule has 0 amide bonds. The van der Waals surface area contributed by atoms with E-state index in [0.717, 1.165) is 23.3 Å². The maximum atomic E-state index is 6.05. The van der Waals surface area contributed by atoms with Crippen LogP contribution in [0.5, 0.6) is 0 Å². The molecular formula is C20H33N3. The van der Waals surface area contributed by atoms with Crippen molar-refractivity contribution in [1.29, 1.82) is 0 Å². The maximum absolute atomic E-state index is 6.05. The molecule has 0 radical (unpaired) electrons. The van der Waals surface area contributed by atoms with E-state index in [1.54, 1.807) is 0 Å². The molecule has 2 aliphatic rings. The summed E-state index contributed by atoms with van der Waals surface area (Å²) in [5.41, 5.74) is 8.02. The molecule has 3 N–H and O–H groups in total. The fourth-order valence-electron chi connectivity index (χ4n) is 4.52. The van der Waals surface area contributed by atoms with Crippen molar-refractivity contribution >= 4 is 11.4 Å². The lowest BCUT2D eigenvalue weighted by atomic mass is 9.82. The Morgan fingerprint density at radius 1 is 1.13 bits per heavy atom. The van der Waals surface area contributed by atoms with Crippen LogP contribution in [0.4, 0.5) is 11.4 Å². The zero-order valence-corrected chi connectivity index (χ0v) is 14.6. The maximum Gasteiger partial charge on any atom is 0.0576 e. The highest BCUT2D eigenvalue weighted by molar-refractivity contribution is 5.65. The number of hydrogen-bond acceptors (Lipinski definition) is 3. The quantitative estimate of drug-likeness (QED) is 0.786. The second kappa shape index (κ2) is 8.05. The Kier molecular flexibility index (Phi) is 5.82. The first-order valence-corrected chi connectivity index (χ1v) is 9.61. The predicted molar refractivity (Wildman–Crippen MR) is 99.7 cm³/mol. The van der Waals surface area contributed by atoms with Crippen molar-refractivity contribution in [2.45, 2.75) is 70.4 Å². The number of piperidine rings is 1. The molecule has 0 aromatic heterocycles. The van der Waals surface area contributed by atoms with Crippen LogP contribution in [0.25, 0.3) is 0 Å². The van der Waals surface area contributed by atoms with Crippen molar-refractivity contribution in [3.8, 4) is 0 Å². The monoisotopic (exact) mass is 315 g/mol. The highest BCUT2D eigenvalue weighted by Gasteiger charge is 2.29. The van der Waals surface area contributed by atoms with Crippen LogP contribution < -0.4 is 11.1 Å². The van der Waals surface area contributed by atoms with Crippen molar-refractivity contribution in [3.63, 3.8) is 0 Å². The lowest BCUT2D eigenvalue weighted by molar-refractivity contribution is 0.103. The van der Waals surface area contributed by atoms with E-state index in [9.17, 15) is 0 Å². The summed E-state index contributed by atoms with van der Waals surface area (Å²) in [5, 5.41) is 3.65. The number of rotatable bonds is 5. The standard InChI is InChI=1S/C20H33N3/c1-2-6-16-7-5-8-18(15-16)23-13-11-17(12-14-23)22-20-10-4-3-9-19(20)21/h3-4,9-10,16-18,22H,2,5-8,11-15,21H2,1H3/t16-,18-/m1/s1. The Labute approximate surface area is 141 Å². The van der Waals surface area contributed by atoms with Gasteiger partial charge in [-0.3, -0.25) is 0 Å². The number of nitrogens with two attached hydrogens (primary N) is 1. The zero-order valence-electron chi connectivity index (χ0n) is 14.6. The first-order valence-electron chi connectivity index (χ1n) is 9.61. The average molecular weight is 316 g/mol. The van der Waals surface area contributed by atoms with Gasteiger partial charge < -0.3 is 16.0 Å². The van der Waals surface area contributed by atoms with Gasteiger partial charge in [0, 0.05) is 25.2 Å². The van der Waals surface area contributed by atoms with Gasteiger partial charge >= 0.3 is 0 Å². The Balaban J connectivity index is 1.47. The number of hydrogen-bond donors (Lipinski definition) is 2. The molecule has 2 fully saturated rings. The molecule has 0 bridgehead atoms. The van der Waals surface area contributed by atoms with E-state index in [-0.39, 0.29) is 0 Å². The van der Waals surface area contributed by atoms with Gasteiger partial charge in [0.05, 0.1) is 11.4 Å². The summed E-state index contributed by atoms with van der Waals surface area (Å²) in [6.07, 6.45) is 11.0. The number of benzene rings is 1. The van der Waals surface area contributed by atoms with E-state index in [1.807, 2.05) is 12.1 Å². The number of nitrogens with zero attached hydrogens (tertiary/aromatic N) is 1. The fraction of sp³-hybridized carbons (Fsp3) is 0.700. The molecule has 3 heteroatoms. The van der Waals surface area contributed by atoms with Crippen LogP contribution in [0, 0.1) is 5.92 Å². The normalized spacial score (nSPS) is 27.0. The Morgan fingerprint density at radius 3 is 2.65 bits per heavy atom. The summed E-state index contributed by atoms with van der Waals surface area (Å²) in [5.74, 6) is 0.985. The van der Waals surface area contributed by atoms with E-state index in [2.05, 4.69) is 29.3 Å². The van der Waals surface area contributed by atoms with E-state index < -0.39 is 0 Å². The SMILES string of the molecule is CCC[C@@H]1CCC[C@@H](N2CCC(Nc3ccccc3N)CC2)C1. The third kappa shape index (κ3) is 4.41. The Morgan fingerprint density at radius 2 is 1.91 bits per heavy atom. The second-order valence-electron chi connectivity index (χ2n) is 7.52. The number of anilines is 2. The molecule has 2 atom stereocenters. The fourth-order valence-corrected chi connectivity index (χ4v) is 4.52. The van der Waals surface area contributed by atoms with Gasteiger partial charge in [-0.15, -0.1) is 0 Å². The molecule has 1 aliphatic carbocycles. The van der Waals surface area contributed by atoms with Crippen molar-refractivity contribution in [2.75, 3.05) is 24.1 Å². The average Bonchev–Trinajstić information content (AvgIpc) is 2.58. The van der Waals surface area contributed by atoms with Crippen LogP contribution in [-0.4, -0.2) is 30.1 Å². The highest BCUT2D eigenvalue weighted by Crippen LogP contribution is 2.32. The molecule has 0 unspecified atom stereocenters. The van der Waals surface area contributed by atoms with Crippen molar-refractivity contribution in [1.82, 2.24) is 4.90 Å². The van der Waals surface area contributed by atoms with E-state index in [4.69, 9.17) is 5.73 Å². The van der Waals surface area contributed by atoms with Crippen LogP contribution in [0.2, 0.25) is 0 Å². The van der Waals surface area contributed by atoms with Crippen molar-refractivity contribution in [3.05, 3.63) is 24.3 Å². The molecule has 1 saturated carbocycles. The smallest absolute Gasteiger partial charge is 0.0576 e. The molecule has 1 saturated heterocycles. The van der Waals surface area contributed by atoms with E-state index in [1.165, 1.54) is 64.5 Å². The topological polar surface area (TPSA) is 41.3 Å². The minimum absolute atomic E-state index is 0.575. The van der Waals surface area contributed by atoms with Gasteiger partial charge in [-0.25, -0.2) is 0 Å². The molecule has 1 aromatic rings. The van der Waals surface area contributed by atoms with Gasteiger partial charge in [-0.05, 0) is 43.7 Å². The summed E-state index contributed by atoms with van der Waals surface area (Å²) in [4.78, 5) is 2.77. The van der Waals surface area contributed by atoms with E-state index in [0.29, 0.717) is 6.04 Å². The molecule has 23 heavy (non-hydrogen) atoms. The minimum Gasteiger partial charge on any atom is -0.397 e. The molecule has 1 heterocycles. The zero-order chi connectivity index (χ0) is 16.1. The molecule has 128 valence electrons. The van der Waals surface area contributed by atoms with E-state index >= 15 is 0 Å². The summed E-state index contributed by atoms with van der Waals surface area (Å²) in [7, 11) is 0. The molecule has 1 aromatic carbocycles. The lowest BCUT2D eigenvalue weighted by Crippen LogP contribution is -2.46. The number of likely N-dealkylation sites (tertiary alicyclic amines) is 1. The molecule has 1 aliphatic heterocycles. The largest absolute Gasteiger partial charge is 0.397 e. The Bertz CT molecular complexity index is 478. The van der Waals surface area contributed by atoms with Crippen molar-refractivity contribution in [2.24, 2.45) is 5.92 Å². The van der Waals surface area contributed by atoms with Gasteiger partial charge in [0.25, 0.3) is 0 Å². The predicted octanol–water partition coefficient (Wildman–Crippen LogP) is 4.50. The summed E-state index contributed by atoms with van der Waals surface area (Å²) in [6, 6.07) is 9.56. The summed E-state index contributed by atoms with van der Waals surface area (Å²) < 4.78 is 0. The third-order valence-electron chi connectivity index (χ3n) is 5.82.